The van der Waals surface area contributed by atoms with Crippen molar-refractivity contribution in [1.29, 1.82) is 0 Å². The maximum absolute atomic E-state index is 13.2. The Bertz CT molecular complexity index is 443. The third kappa shape index (κ3) is 5.46. The summed E-state index contributed by atoms with van der Waals surface area (Å²) in [6, 6.07) is 2.43. The minimum Gasteiger partial charge on any atom is -0.389 e. The lowest BCUT2D eigenvalue weighted by molar-refractivity contribution is -0.137. The third-order valence-electron chi connectivity index (χ3n) is 2.91. The van der Waals surface area contributed by atoms with Crippen LogP contribution in [0, 0.1) is 5.82 Å². The van der Waals surface area contributed by atoms with Crippen LogP contribution in [0.5, 0.6) is 0 Å². The topological polar surface area (TPSA) is 32.3 Å². The number of rotatable bonds is 6. The fraction of sp³-hybridized carbons (Fsp3) is 0.571. The van der Waals surface area contributed by atoms with Gasteiger partial charge in [0.15, 0.2) is 0 Å². The highest BCUT2D eigenvalue weighted by molar-refractivity contribution is 5.26. The SMILES string of the molecule is CCCC(C)(O)CNCc1cc(F)cc(C(F)(F)F)c1. The van der Waals surface area contributed by atoms with Crippen LogP contribution in [0.25, 0.3) is 0 Å². The van der Waals surface area contributed by atoms with E-state index in [0.717, 1.165) is 18.6 Å². The Hall–Kier alpha value is -1.14. The molecule has 0 radical (unpaired) electrons. The van der Waals surface area contributed by atoms with Gasteiger partial charge in [-0.25, -0.2) is 4.39 Å². The Morgan fingerprint density at radius 2 is 1.85 bits per heavy atom. The quantitative estimate of drug-likeness (QED) is 0.787. The van der Waals surface area contributed by atoms with Crippen molar-refractivity contribution in [2.45, 2.75) is 45.0 Å². The molecule has 6 heteroatoms. The molecule has 2 N–H and O–H groups in total. The molecule has 2 nitrogen and oxygen atoms in total. The smallest absolute Gasteiger partial charge is 0.389 e. The Morgan fingerprint density at radius 3 is 2.40 bits per heavy atom. The van der Waals surface area contributed by atoms with E-state index in [1.165, 1.54) is 0 Å². The number of nitrogens with one attached hydrogen (secondary N) is 1. The lowest BCUT2D eigenvalue weighted by Crippen LogP contribution is -2.37. The summed E-state index contributed by atoms with van der Waals surface area (Å²) < 4.78 is 50.8. The van der Waals surface area contributed by atoms with Gasteiger partial charge in [-0.05, 0) is 37.1 Å². The monoisotopic (exact) mass is 293 g/mol. The number of benzene rings is 1. The van der Waals surface area contributed by atoms with Crippen molar-refractivity contribution in [3.05, 3.63) is 35.1 Å². The largest absolute Gasteiger partial charge is 0.416 e. The van der Waals surface area contributed by atoms with Crippen molar-refractivity contribution in [1.82, 2.24) is 5.32 Å². The molecule has 0 fully saturated rings. The van der Waals surface area contributed by atoms with Gasteiger partial charge in [0, 0.05) is 13.1 Å². The predicted octanol–water partition coefficient (Wildman–Crippen LogP) is 3.49. The third-order valence-corrected chi connectivity index (χ3v) is 2.91. The summed E-state index contributed by atoms with van der Waals surface area (Å²) in [5, 5.41) is 12.8. The molecule has 1 unspecified atom stereocenters. The first-order valence-electron chi connectivity index (χ1n) is 6.44. The molecule has 0 aliphatic rings. The molecular weight excluding hydrogens is 274 g/mol. The minimum absolute atomic E-state index is 0.0701. The molecule has 114 valence electrons. The molecule has 0 saturated carbocycles. The van der Waals surface area contributed by atoms with Gasteiger partial charge in [0.1, 0.15) is 5.82 Å². The van der Waals surface area contributed by atoms with Gasteiger partial charge in [0.25, 0.3) is 0 Å². The lowest BCUT2D eigenvalue weighted by Gasteiger charge is -2.23. The number of alkyl halides is 3. The molecule has 1 aromatic carbocycles. The molecule has 20 heavy (non-hydrogen) atoms. The van der Waals surface area contributed by atoms with Crippen molar-refractivity contribution >= 4 is 0 Å². The van der Waals surface area contributed by atoms with Crippen LogP contribution in [0.1, 0.15) is 37.8 Å². The van der Waals surface area contributed by atoms with E-state index in [1.54, 1.807) is 6.92 Å². The zero-order valence-electron chi connectivity index (χ0n) is 11.5. The molecule has 0 amide bonds. The van der Waals surface area contributed by atoms with Crippen molar-refractivity contribution in [3.63, 3.8) is 0 Å². The van der Waals surface area contributed by atoms with Gasteiger partial charge in [0.05, 0.1) is 11.2 Å². The van der Waals surface area contributed by atoms with Crippen molar-refractivity contribution in [2.75, 3.05) is 6.54 Å². The summed E-state index contributed by atoms with van der Waals surface area (Å²) in [5.41, 5.74) is -1.73. The Kier molecular flexibility index (Phi) is 5.53. The Morgan fingerprint density at radius 1 is 1.20 bits per heavy atom. The maximum Gasteiger partial charge on any atom is 0.416 e. The highest BCUT2D eigenvalue weighted by Gasteiger charge is 2.31. The van der Waals surface area contributed by atoms with E-state index >= 15 is 0 Å². The predicted molar refractivity (Wildman–Crippen MR) is 68.6 cm³/mol. The molecule has 1 atom stereocenters. The van der Waals surface area contributed by atoms with E-state index in [9.17, 15) is 22.7 Å². The number of halogens is 4. The second kappa shape index (κ2) is 6.54. The van der Waals surface area contributed by atoms with Gasteiger partial charge >= 0.3 is 6.18 Å². The van der Waals surface area contributed by atoms with Crippen LogP contribution in [0.15, 0.2) is 18.2 Å². The molecule has 0 bridgehead atoms. The van der Waals surface area contributed by atoms with E-state index in [2.05, 4.69) is 5.32 Å². The number of aliphatic hydroxyl groups is 1. The van der Waals surface area contributed by atoms with Gasteiger partial charge in [-0.15, -0.1) is 0 Å². The fourth-order valence-electron chi connectivity index (χ4n) is 2.02. The lowest BCUT2D eigenvalue weighted by atomic mass is 10.0. The van der Waals surface area contributed by atoms with Crippen LogP contribution in [0.2, 0.25) is 0 Å². The Balaban J connectivity index is 2.67. The summed E-state index contributed by atoms with van der Waals surface area (Å²) in [6.07, 6.45) is -3.19. The van der Waals surface area contributed by atoms with Crippen molar-refractivity contribution in [2.24, 2.45) is 0 Å². The molecule has 1 aromatic rings. The molecule has 0 aliphatic carbocycles. The first-order chi connectivity index (χ1) is 9.14. The standard InChI is InChI=1S/C14H19F4NO/c1-3-4-13(2,20)9-19-8-10-5-11(14(16,17)18)7-12(15)6-10/h5-7,19-20H,3-4,8-9H2,1-2H3. The summed E-state index contributed by atoms with van der Waals surface area (Å²) in [6.45, 7) is 3.88. The molecule has 0 aromatic heterocycles. The van der Waals surface area contributed by atoms with Crippen LogP contribution >= 0.6 is 0 Å². The molecule has 0 heterocycles. The zero-order valence-corrected chi connectivity index (χ0v) is 11.5. The summed E-state index contributed by atoms with van der Waals surface area (Å²) in [7, 11) is 0. The van der Waals surface area contributed by atoms with Gasteiger partial charge in [0.2, 0.25) is 0 Å². The van der Waals surface area contributed by atoms with Crippen molar-refractivity contribution < 1.29 is 22.7 Å². The van der Waals surface area contributed by atoms with Gasteiger partial charge < -0.3 is 10.4 Å². The van der Waals surface area contributed by atoms with Crippen LogP contribution in [0.4, 0.5) is 17.6 Å². The average molecular weight is 293 g/mol. The van der Waals surface area contributed by atoms with Crippen molar-refractivity contribution in [3.8, 4) is 0 Å². The first-order valence-corrected chi connectivity index (χ1v) is 6.44. The number of hydrogen-bond donors (Lipinski definition) is 2. The summed E-state index contributed by atoms with van der Waals surface area (Å²) in [5.74, 6) is -0.919. The van der Waals surface area contributed by atoms with Crippen LogP contribution in [-0.4, -0.2) is 17.3 Å². The molecule has 0 spiro atoms. The zero-order chi connectivity index (χ0) is 15.4. The van der Waals surface area contributed by atoms with Gasteiger partial charge in [-0.1, -0.05) is 13.3 Å². The fourth-order valence-corrected chi connectivity index (χ4v) is 2.02. The first kappa shape index (κ1) is 16.9. The summed E-state index contributed by atoms with van der Waals surface area (Å²) in [4.78, 5) is 0. The van der Waals surface area contributed by atoms with E-state index in [-0.39, 0.29) is 18.7 Å². The minimum atomic E-state index is -4.56. The van der Waals surface area contributed by atoms with Crippen LogP contribution in [-0.2, 0) is 12.7 Å². The maximum atomic E-state index is 13.2. The summed E-state index contributed by atoms with van der Waals surface area (Å²) >= 11 is 0. The van der Waals surface area contributed by atoms with E-state index < -0.39 is 23.2 Å². The van der Waals surface area contributed by atoms with Crippen LogP contribution in [0.3, 0.4) is 0 Å². The van der Waals surface area contributed by atoms with E-state index in [0.29, 0.717) is 12.5 Å². The van der Waals surface area contributed by atoms with Gasteiger partial charge in [-0.2, -0.15) is 13.2 Å². The highest BCUT2D eigenvalue weighted by atomic mass is 19.4. The molecule has 0 saturated heterocycles. The second-order valence-corrected chi connectivity index (χ2v) is 5.20. The average Bonchev–Trinajstić information content (AvgIpc) is 2.26. The van der Waals surface area contributed by atoms with E-state index in [4.69, 9.17) is 0 Å². The van der Waals surface area contributed by atoms with E-state index in [1.807, 2.05) is 6.92 Å². The highest BCUT2D eigenvalue weighted by Crippen LogP contribution is 2.30. The normalized spacial score (nSPS) is 15.2. The van der Waals surface area contributed by atoms with Gasteiger partial charge in [-0.3, -0.25) is 0 Å². The number of hydrogen-bond acceptors (Lipinski definition) is 2. The Labute approximate surface area is 115 Å². The molecular formula is C14H19F4NO. The molecule has 0 aliphatic heterocycles. The van der Waals surface area contributed by atoms with Crippen LogP contribution < -0.4 is 5.32 Å². The second-order valence-electron chi connectivity index (χ2n) is 5.20. The molecule has 1 rings (SSSR count).